The Kier molecular flexibility index (Phi) is 11.6. The summed E-state index contributed by atoms with van der Waals surface area (Å²) in [5.41, 5.74) is 2.58. The van der Waals surface area contributed by atoms with Crippen molar-refractivity contribution in [3.05, 3.63) is 24.4 Å². The number of hydrogen-bond donors (Lipinski definition) is 1. The van der Waals surface area contributed by atoms with E-state index in [0.29, 0.717) is 6.04 Å². The van der Waals surface area contributed by atoms with Crippen LogP contribution in [0.15, 0.2) is 24.4 Å². The third-order valence-corrected chi connectivity index (χ3v) is 4.09. The van der Waals surface area contributed by atoms with E-state index in [1.165, 1.54) is 56.2 Å². The van der Waals surface area contributed by atoms with Crippen molar-refractivity contribution in [1.82, 2.24) is 5.32 Å². The molecular weight excluding hydrogens is 242 g/mol. The van der Waals surface area contributed by atoms with Gasteiger partial charge >= 0.3 is 0 Å². The van der Waals surface area contributed by atoms with Crippen molar-refractivity contribution in [2.24, 2.45) is 5.92 Å². The third kappa shape index (κ3) is 10.1. The summed E-state index contributed by atoms with van der Waals surface area (Å²) in [5, 5.41) is 3.57. The fourth-order valence-corrected chi connectivity index (χ4v) is 2.63. The van der Waals surface area contributed by atoms with Crippen molar-refractivity contribution in [3.8, 4) is 0 Å². The van der Waals surface area contributed by atoms with Crippen LogP contribution >= 0.6 is 0 Å². The van der Waals surface area contributed by atoms with Gasteiger partial charge < -0.3 is 5.32 Å². The van der Waals surface area contributed by atoms with Crippen molar-refractivity contribution < 1.29 is 0 Å². The molecule has 0 spiro atoms. The summed E-state index contributed by atoms with van der Waals surface area (Å²) in [6, 6.07) is 0.602. The van der Waals surface area contributed by atoms with E-state index in [1.807, 2.05) is 0 Å². The van der Waals surface area contributed by atoms with Gasteiger partial charge in [0.05, 0.1) is 0 Å². The fraction of sp³-hybridized carbons (Fsp3) is 0.789. The quantitative estimate of drug-likeness (QED) is 0.394. The molecule has 0 amide bonds. The zero-order valence-electron chi connectivity index (χ0n) is 14.4. The molecule has 1 nitrogen and oxygen atoms in total. The predicted molar refractivity (Wildman–Crippen MR) is 92.9 cm³/mol. The lowest BCUT2D eigenvalue weighted by atomic mass is 9.96. The molecule has 0 aromatic heterocycles. The molecule has 0 fully saturated rings. The van der Waals surface area contributed by atoms with Gasteiger partial charge in [-0.15, -0.1) is 0 Å². The Labute approximate surface area is 127 Å². The van der Waals surface area contributed by atoms with Crippen molar-refractivity contribution in [3.63, 3.8) is 0 Å². The highest BCUT2D eigenvalue weighted by molar-refractivity contribution is 5.02. The molecule has 2 unspecified atom stereocenters. The van der Waals surface area contributed by atoms with E-state index in [9.17, 15) is 0 Å². The molecule has 0 rings (SSSR count). The van der Waals surface area contributed by atoms with Gasteiger partial charge in [-0.3, -0.25) is 0 Å². The summed E-state index contributed by atoms with van der Waals surface area (Å²) in [7, 11) is 0. The molecule has 118 valence electrons. The lowest BCUT2D eigenvalue weighted by Gasteiger charge is -2.19. The van der Waals surface area contributed by atoms with Gasteiger partial charge in [0, 0.05) is 11.7 Å². The Morgan fingerprint density at radius 2 is 1.55 bits per heavy atom. The minimum atomic E-state index is 0.602. The monoisotopic (exact) mass is 279 g/mol. The maximum Gasteiger partial charge on any atom is 0.0255 e. The maximum absolute atomic E-state index is 4.23. The topological polar surface area (TPSA) is 12.0 Å². The molecule has 2 atom stereocenters. The maximum atomic E-state index is 4.23. The molecule has 0 saturated heterocycles. The van der Waals surface area contributed by atoms with E-state index in [-0.39, 0.29) is 0 Å². The van der Waals surface area contributed by atoms with Crippen LogP contribution < -0.4 is 5.32 Å². The second-order valence-corrected chi connectivity index (χ2v) is 6.32. The van der Waals surface area contributed by atoms with Crippen LogP contribution in [0.25, 0.3) is 0 Å². The lowest BCUT2D eigenvalue weighted by molar-refractivity contribution is 0.479. The van der Waals surface area contributed by atoms with Crippen LogP contribution in [0.5, 0.6) is 0 Å². The average Bonchev–Trinajstić information content (AvgIpc) is 2.42. The molecular formula is C19H37N. The molecule has 1 heteroatoms. The Hall–Kier alpha value is -0.720. The summed E-state index contributed by atoms with van der Waals surface area (Å²) in [6.07, 6.45) is 10.9. The van der Waals surface area contributed by atoms with E-state index in [4.69, 9.17) is 0 Å². The minimum Gasteiger partial charge on any atom is -0.386 e. The third-order valence-electron chi connectivity index (χ3n) is 4.09. The van der Waals surface area contributed by atoms with Gasteiger partial charge in [-0.2, -0.15) is 0 Å². The van der Waals surface area contributed by atoms with Crippen LogP contribution in [-0.2, 0) is 0 Å². The summed E-state index contributed by atoms with van der Waals surface area (Å²) in [6.45, 7) is 17.5. The van der Waals surface area contributed by atoms with Gasteiger partial charge in [0.1, 0.15) is 0 Å². The largest absolute Gasteiger partial charge is 0.386 e. The van der Waals surface area contributed by atoms with E-state index >= 15 is 0 Å². The lowest BCUT2D eigenvalue weighted by Crippen LogP contribution is -2.27. The standard InChI is InChI=1S/C19H37N/c1-7-10-16(4)12-13-17(5)14-15-18(6)20-19(9-3)11-8-2/h16,19-20H,5-15H2,1-4H3. The first-order valence-electron chi connectivity index (χ1n) is 8.64. The summed E-state index contributed by atoms with van der Waals surface area (Å²) >= 11 is 0. The Morgan fingerprint density at radius 1 is 0.900 bits per heavy atom. The fourth-order valence-electron chi connectivity index (χ4n) is 2.63. The van der Waals surface area contributed by atoms with Crippen LogP contribution in [0.2, 0.25) is 0 Å². The molecule has 0 aliphatic rings. The summed E-state index contributed by atoms with van der Waals surface area (Å²) < 4.78 is 0. The zero-order valence-corrected chi connectivity index (χ0v) is 14.4. The number of nitrogens with one attached hydrogen (secondary N) is 1. The van der Waals surface area contributed by atoms with Gasteiger partial charge in [-0.05, 0) is 44.4 Å². The summed E-state index contributed by atoms with van der Waals surface area (Å²) in [4.78, 5) is 0. The van der Waals surface area contributed by atoms with Crippen LogP contribution in [0.4, 0.5) is 0 Å². The molecule has 0 saturated carbocycles. The zero-order chi connectivity index (χ0) is 15.4. The van der Waals surface area contributed by atoms with E-state index in [1.54, 1.807) is 0 Å². The SMILES string of the molecule is C=C(CCC(=C)NC(CC)CCC)CCC(C)CCC. The highest BCUT2D eigenvalue weighted by Gasteiger charge is 2.07. The van der Waals surface area contributed by atoms with Crippen LogP contribution in [0, 0.1) is 5.92 Å². The second-order valence-electron chi connectivity index (χ2n) is 6.32. The number of allylic oxidation sites excluding steroid dienone is 2. The number of hydrogen-bond acceptors (Lipinski definition) is 1. The van der Waals surface area contributed by atoms with Crippen molar-refractivity contribution in [2.45, 2.75) is 91.5 Å². The van der Waals surface area contributed by atoms with Crippen molar-refractivity contribution in [2.75, 3.05) is 0 Å². The van der Waals surface area contributed by atoms with Crippen LogP contribution in [-0.4, -0.2) is 6.04 Å². The van der Waals surface area contributed by atoms with Crippen molar-refractivity contribution >= 4 is 0 Å². The molecule has 20 heavy (non-hydrogen) atoms. The summed E-state index contributed by atoms with van der Waals surface area (Å²) in [5.74, 6) is 0.840. The van der Waals surface area contributed by atoms with Gasteiger partial charge in [-0.25, -0.2) is 0 Å². The van der Waals surface area contributed by atoms with Gasteiger partial charge in [-0.1, -0.05) is 65.7 Å². The predicted octanol–water partition coefficient (Wildman–Crippen LogP) is 6.22. The Bertz CT molecular complexity index is 267. The molecule has 0 aromatic carbocycles. The first-order chi connectivity index (χ1) is 9.53. The molecule has 1 N–H and O–H groups in total. The molecule has 0 heterocycles. The van der Waals surface area contributed by atoms with Crippen LogP contribution in [0.3, 0.4) is 0 Å². The Balaban J connectivity index is 3.80. The first kappa shape index (κ1) is 19.3. The van der Waals surface area contributed by atoms with E-state index in [0.717, 1.165) is 18.8 Å². The molecule has 0 aromatic rings. The van der Waals surface area contributed by atoms with Gasteiger partial charge in [0.2, 0.25) is 0 Å². The van der Waals surface area contributed by atoms with Crippen molar-refractivity contribution in [1.29, 1.82) is 0 Å². The second kappa shape index (κ2) is 12.1. The normalized spacial score (nSPS) is 13.8. The molecule has 0 radical (unpaired) electrons. The highest BCUT2D eigenvalue weighted by Crippen LogP contribution is 2.19. The molecule has 0 aliphatic heterocycles. The molecule has 0 aliphatic carbocycles. The number of rotatable bonds is 13. The van der Waals surface area contributed by atoms with Crippen LogP contribution in [0.1, 0.15) is 85.5 Å². The molecule has 0 bridgehead atoms. The van der Waals surface area contributed by atoms with E-state index < -0.39 is 0 Å². The Morgan fingerprint density at radius 3 is 2.10 bits per heavy atom. The van der Waals surface area contributed by atoms with Gasteiger partial charge in [0.15, 0.2) is 0 Å². The van der Waals surface area contributed by atoms with Gasteiger partial charge in [0.25, 0.3) is 0 Å². The van der Waals surface area contributed by atoms with E-state index in [2.05, 4.69) is 46.2 Å². The first-order valence-corrected chi connectivity index (χ1v) is 8.64. The smallest absolute Gasteiger partial charge is 0.0255 e. The highest BCUT2D eigenvalue weighted by atomic mass is 14.9. The minimum absolute atomic E-state index is 0.602. The average molecular weight is 280 g/mol.